The molecule has 188 valence electrons. The van der Waals surface area contributed by atoms with E-state index in [2.05, 4.69) is 27.4 Å². The van der Waals surface area contributed by atoms with Gasteiger partial charge < -0.3 is 19.8 Å². The first-order chi connectivity index (χ1) is 17.3. The van der Waals surface area contributed by atoms with E-state index in [1.54, 1.807) is 17.0 Å². The fourth-order valence-corrected chi connectivity index (χ4v) is 7.67. The maximum Gasteiger partial charge on any atom is 0.246 e. The third-order valence-electron chi connectivity index (χ3n) is 9.04. The van der Waals surface area contributed by atoms with Crippen LogP contribution in [0.2, 0.25) is 0 Å². The number of phenolic OH excluding ortho intramolecular Hbond substituents is 1. The lowest BCUT2D eigenvalue weighted by molar-refractivity contribution is -0.198. The van der Waals surface area contributed by atoms with E-state index in [0.717, 1.165) is 34.3 Å². The number of hydrogen-bond donors (Lipinski definition) is 2. The van der Waals surface area contributed by atoms with Crippen molar-refractivity contribution in [2.45, 2.75) is 54.9 Å². The van der Waals surface area contributed by atoms with E-state index in [0.29, 0.717) is 31.4 Å². The van der Waals surface area contributed by atoms with E-state index < -0.39 is 17.1 Å². The molecule has 2 N–H and O–H groups in total. The molecule has 1 saturated heterocycles. The number of carbonyl (C=O) groups is 1. The van der Waals surface area contributed by atoms with Crippen LogP contribution in [0.4, 0.5) is 0 Å². The third-order valence-corrected chi connectivity index (χ3v) is 9.57. The van der Waals surface area contributed by atoms with E-state index >= 15 is 0 Å². The number of halogens is 1. The molecule has 0 unspecified atom stereocenters. The van der Waals surface area contributed by atoms with Crippen LogP contribution in [-0.2, 0) is 16.6 Å². The first kappa shape index (κ1) is 23.8. The zero-order chi connectivity index (χ0) is 25.2. The second-order valence-electron chi connectivity index (χ2n) is 10.6. The molecule has 36 heavy (non-hydrogen) atoms. The number of ether oxygens (including phenoxy) is 1. The van der Waals surface area contributed by atoms with Gasteiger partial charge >= 0.3 is 0 Å². The molecule has 4 aliphatic rings. The zero-order valence-corrected chi connectivity index (χ0v) is 21.9. The van der Waals surface area contributed by atoms with Crippen molar-refractivity contribution in [3.63, 3.8) is 0 Å². The lowest BCUT2D eigenvalue weighted by Crippen LogP contribution is -2.78. The minimum atomic E-state index is -1.00. The van der Waals surface area contributed by atoms with Crippen molar-refractivity contribution in [3.8, 4) is 11.5 Å². The number of piperidine rings is 1. The molecule has 0 aromatic heterocycles. The zero-order valence-electron chi connectivity index (χ0n) is 20.4. The monoisotopic (exact) mass is 550 g/mol. The maximum absolute atomic E-state index is 13.3. The standard InChI is InChI=1S/C29H31BrN2O4/c1-3-15-32-16-14-28-25-19-7-10-22(33)26(25)36-27(28)21(12-13-29(28,35)23(32)17-19)31(2)24(34)11-6-18-4-8-20(30)9-5-18/h3-11,21,23,27,33,35H,1,12-17H2,2H3/t21-,23+,27-,28-,29+/m0/s1. The van der Waals surface area contributed by atoms with Crippen molar-refractivity contribution in [3.05, 3.63) is 76.3 Å². The van der Waals surface area contributed by atoms with Gasteiger partial charge in [0.2, 0.25) is 5.91 Å². The third kappa shape index (κ3) is 3.19. The van der Waals surface area contributed by atoms with Gasteiger partial charge in [-0.2, -0.15) is 0 Å². The SMILES string of the molecule is C=CCN1CC[C@]23c4c5ccc(O)c4O[C@H]2[C@@H](N(C)C(=O)C=Cc2ccc(Br)cc2)CC[C@@]3(O)[C@H]1C5. The van der Waals surface area contributed by atoms with Gasteiger partial charge in [0.05, 0.1) is 17.1 Å². The van der Waals surface area contributed by atoms with Gasteiger partial charge in [0.15, 0.2) is 11.5 Å². The summed E-state index contributed by atoms with van der Waals surface area (Å²) in [5.74, 6) is 0.490. The van der Waals surface area contributed by atoms with E-state index in [1.165, 1.54) is 0 Å². The van der Waals surface area contributed by atoms with E-state index in [-0.39, 0.29) is 23.7 Å². The normalized spacial score (nSPS) is 32.1. The summed E-state index contributed by atoms with van der Waals surface area (Å²) in [5, 5.41) is 23.2. The van der Waals surface area contributed by atoms with Crippen LogP contribution in [0.1, 0.15) is 36.0 Å². The summed E-state index contributed by atoms with van der Waals surface area (Å²) in [7, 11) is 1.82. The van der Waals surface area contributed by atoms with Crippen LogP contribution in [0, 0.1) is 0 Å². The highest BCUT2D eigenvalue weighted by molar-refractivity contribution is 9.10. The number of aromatic hydroxyl groups is 1. The van der Waals surface area contributed by atoms with Gasteiger partial charge in [0, 0.05) is 35.7 Å². The molecule has 2 aliphatic carbocycles. The number of hydrogen-bond acceptors (Lipinski definition) is 5. The predicted molar refractivity (Wildman–Crippen MR) is 142 cm³/mol. The summed E-state index contributed by atoms with van der Waals surface area (Å²) in [6.45, 7) is 5.46. The highest BCUT2D eigenvalue weighted by atomic mass is 79.9. The smallest absolute Gasteiger partial charge is 0.246 e. The van der Waals surface area contributed by atoms with Crippen LogP contribution in [0.3, 0.4) is 0 Å². The first-order valence-corrected chi connectivity index (χ1v) is 13.4. The van der Waals surface area contributed by atoms with Crippen molar-refractivity contribution in [1.82, 2.24) is 9.80 Å². The number of likely N-dealkylation sites (tertiary alicyclic amines) is 1. The van der Waals surface area contributed by atoms with Crippen LogP contribution in [0.5, 0.6) is 11.5 Å². The second-order valence-corrected chi connectivity index (χ2v) is 11.5. The quantitative estimate of drug-likeness (QED) is 0.434. The fourth-order valence-electron chi connectivity index (χ4n) is 7.41. The molecule has 6 rings (SSSR count). The summed E-state index contributed by atoms with van der Waals surface area (Å²) < 4.78 is 7.55. The summed E-state index contributed by atoms with van der Waals surface area (Å²) in [6, 6.07) is 11.2. The van der Waals surface area contributed by atoms with Crippen LogP contribution in [0.15, 0.2) is 59.6 Å². The van der Waals surface area contributed by atoms with Gasteiger partial charge in [0.25, 0.3) is 0 Å². The molecule has 2 heterocycles. The number of benzene rings is 2. The average Bonchev–Trinajstić information content (AvgIpc) is 3.22. The molecule has 2 aromatic carbocycles. The Kier molecular flexibility index (Phi) is 5.59. The number of amides is 1. The van der Waals surface area contributed by atoms with E-state index in [4.69, 9.17) is 4.74 Å². The molecule has 2 bridgehead atoms. The van der Waals surface area contributed by atoms with Crippen molar-refractivity contribution in [1.29, 1.82) is 0 Å². The summed E-state index contributed by atoms with van der Waals surface area (Å²) in [6.07, 6.45) is 7.50. The van der Waals surface area contributed by atoms with Crippen LogP contribution in [-0.4, -0.2) is 69.8 Å². The highest BCUT2D eigenvalue weighted by Crippen LogP contribution is 2.65. The van der Waals surface area contributed by atoms with Crippen molar-refractivity contribution in [2.75, 3.05) is 20.1 Å². The first-order valence-electron chi connectivity index (χ1n) is 12.6. The Morgan fingerprint density at radius 2 is 2.06 bits per heavy atom. The lowest BCUT2D eigenvalue weighted by Gasteiger charge is -2.64. The fraction of sp³-hybridized carbons (Fsp3) is 0.414. The molecule has 1 amide bonds. The molecule has 7 heteroatoms. The van der Waals surface area contributed by atoms with Crippen LogP contribution in [0.25, 0.3) is 6.08 Å². The number of nitrogens with zero attached hydrogens (tertiary/aromatic N) is 2. The lowest BCUT2D eigenvalue weighted by atomic mass is 9.48. The van der Waals surface area contributed by atoms with Crippen LogP contribution < -0.4 is 4.74 Å². The molecule has 0 radical (unpaired) electrons. The number of carbonyl (C=O) groups excluding carboxylic acids is 1. The Morgan fingerprint density at radius 3 is 2.81 bits per heavy atom. The summed E-state index contributed by atoms with van der Waals surface area (Å²) in [4.78, 5) is 17.4. The van der Waals surface area contributed by atoms with Gasteiger partial charge in [-0.25, -0.2) is 0 Å². The number of likely N-dealkylation sites (N-methyl/N-ethyl adjacent to an activating group) is 1. The summed E-state index contributed by atoms with van der Waals surface area (Å²) >= 11 is 3.44. The van der Waals surface area contributed by atoms with Crippen LogP contribution >= 0.6 is 15.9 Å². The Hall–Kier alpha value is -2.61. The topological polar surface area (TPSA) is 73.2 Å². The predicted octanol–water partition coefficient (Wildman–Crippen LogP) is 4.04. The molecule has 1 spiro atoms. The molecule has 2 fully saturated rings. The summed E-state index contributed by atoms with van der Waals surface area (Å²) in [5.41, 5.74) is 1.36. The molecule has 2 aliphatic heterocycles. The van der Waals surface area contributed by atoms with Gasteiger partial charge in [-0.3, -0.25) is 9.69 Å². The number of phenols is 1. The Morgan fingerprint density at radius 1 is 1.28 bits per heavy atom. The van der Waals surface area contributed by atoms with Gasteiger partial charge in [-0.15, -0.1) is 6.58 Å². The van der Waals surface area contributed by atoms with Gasteiger partial charge in [-0.05, 0) is 67.6 Å². The maximum atomic E-state index is 13.3. The largest absolute Gasteiger partial charge is 0.504 e. The minimum absolute atomic E-state index is 0.0578. The van der Waals surface area contributed by atoms with E-state index in [1.807, 2.05) is 49.5 Å². The molecule has 5 atom stereocenters. The number of aliphatic hydroxyl groups is 1. The van der Waals surface area contributed by atoms with E-state index in [9.17, 15) is 15.0 Å². The van der Waals surface area contributed by atoms with Crippen molar-refractivity contribution < 1.29 is 19.7 Å². The molecular formula is C29H31BrN2O4. The Labute approximate surface area is 220 Å². The second kappa shape index (κ2) is 8.47. The highest BCUT2D eigenvalue weighted by Gasteiger charge is 2.73. The Bertz CT molecular complexity index is 1260. The molecule has 1 saturated carbocycles. The molecule has 6 nitrogen and oxygen atoms in total. The number of rotatable bonds is 5. The molecular weight excluding hydrogens is 520 g/mol. The van der Waals surface area contributed by atoms with Crippen molar-refractivity contribution in [2.24, 2.45) is 0 Å². The van der Waals surface area contributed by atoms with Crippen molar-refractivity contribution >= 4 is 27.9 Å². The molecule has 2 aromatic rings. The minimum Gasteiger partial charge on any atom is -0.504 e. The Balaban J connectivity index is 1.37. The van der Waals surface area contributed by atoms with Gasteiger partial charge in [-0.1, -0.05) is 40.2 Å². The average molecular weight is 551 g/mol. The van der Waals surface area contributed by atoms with Gasteiger partial charge in [0.1, 0.15) is 6.10 Å².